The van der Waals surface area contributed by atoms with Crippen LogP contribution >= 0.6 is 0 Å². The topological polar surface area (TPSA) is 82.5 Å². The van der Waals surface area contributed by atoms with Crippen LogP contribution in [0.4, 0.5) is 0 Å². The number of amides is 1. The number of hydrogen-bond acceptors (Lipinski definition) is 4. The fraction of sp³-hybridized carbons (Fsp3) is 0.294. The minimum absolute atomic E-state index is 0.0384. The molecule has 1 amide bonds. The summed E-state index contributed by atoms with van der Waals surface area (Å²) >= 11 is 0. The molecule has 3 N–H and O–H groups in total. The number of aromatic nitrogens is 1. The average molecular weight is 300 g/mol. The largest absolute Gasteiger partial charge is 0.504 e. The lowest BCUT2D eigenvalue weighted by atomic mass is 10.00. The Hall–Kier alpha value is -2.56. The third-order valence-electron chi connectivity index (χ3n) is 3.44. The van der Waals surface area contributed by atoms with Gasteiger partial charge in [0.1, 0.15) is 0 Å². The van der Waals surface area contributed by atoms with Gasteiger partial charge in [-0.1, -0.05) is 19.1 Å². The lowest BCUT2D eigenvalue weighted by Crippen LogP contribution is -2.32. The van der Waals surface area contributed by atoms with E-state index in [1.165, 1.54) is 12.1 Å². The highest BCUT2D eigenvalue weighted by atomic mass is 16.3. The van der Waals surface area contributed by atoms with Crippen molar-refractivity contribution in [3.63, 3.8) is 0 Å². The molecular weight excluding hydrogens is 280 g/mol. The predicted octanol–water partition coefficient (Wildman–Crippen LogP) is 2.03. The summed E-state index contributed by atoms with van der Waals surface area (Å²) in [5.74, 6) is -0.576. The smallest absolute Gasteiger partial charge is 0.223 e. The Morgan fingerprint density at radius 3 is 2.73 bits per heavy atom. The van der Waals surface area contributed by atoms with Gasteiger partial charge in [0, 0.05) is 30.8 Å². The van der Waals surface area contributed by atoms with Crippen LogP contribution < -0.4 is 5.32 Å². The molecule has 1 atom stereocenters. The van der Waals surface area contributed by atoms with E-state index in [1.54, 1.807) is 12.3 Å². The second-order valence-corrected chi connectivity index (χ2v) is 5.29. The van der Waals surface area contributed by atoms with Gasteiger partial charge in [0.15, 0.2) is 11.5 Å². The van der Waals surface area contributed by atoms with Crippen molar-refractivity contribution >= 4 is 5.91 Å². The fourth-order valence-corrected chi connectivity index (χ4v) is 2.18. The van der Waals surface area contributed by atoms with E-state index in [2.05, 4.69) is 10.3 Å². The molecule has 1 aromatic heterocycles. The number of carbonyl (C=O) groups is 1. The van der Waals surface area contributed by atoms with E-state index in [9.17, 15) is 15.0 Å². The van der Waals surface area contributed by atoms with E-state index < -0.39 is 0 Å². The highest BCUT2D eigenvalue weighted by molar-refractivity contribution is 5.78. The van der Waals surface area contributed by atoms with Gasteiger partial charge in [0.2, 0.25) is 5.91 Å². The number of benzene rings is 1. The summed E-state index contributed by atoms with van der Waals surface area (Å²) < 4.78 is 0. The quantitative estimate of drug-likeness (QED) is 0.713. The van der Waals surface area contributed by atoms with Crippen molar-refractivity contribution in [1.82, 2.24) is 10.3 Å². The zero-order valence-electron chi connectivity index (χ0n) is 12.5. The van der Waals surface area contributed by atoms with Gasteiger partial charge in [-0.15, -0.1) is 0 Å². The monoisotopic (exact) mass is 300 g/mol. The van der Waals surface area contributed by atoms with Gasteiger partial charge in [0.05, 0.1) is 0 Å². The first kappa shape index (κ1) is 15.8. The first-order chi connectivity index (χ1) is 10.6. The van der Waals surface area contributed by atoms with Crippen molar-refractivity contribution in [1.29, 1.82) is 0 Å². The molecule has 2 aromatic rings. The van der Waals surface area contributed by atoms with Crippen LogP contribution in [-0.2, 0) is 17.6 Å². The lowest BCUT2D eigenvalue weighted by molar-refractivity contribution is -0.124. The van der Waals surface area contributed by atoms with Crippen molar-refractivity contribution in [2.75, 3.05) is 6.54 Å². The molecule has 2 rings (SSSR count). The van der Waals surface area contributed by atoms with Gasteiger partial charge in [-0.05, 0) is 36.2 Å². The minimum Gasteiger partial charge on any atom is -0.504 e. The van der Waals surface area contributed by atoms with E-state index in [0.717, 1.165) is 11.3 Å². The molecule has 5 heteroatoms. The highest BCUT2D eigenvalue weighted by Gasteiger charge is 2.14. The molecule has 0 spiro atoms. The van der Waals surface area contributed by atoms with Crippen molar-refractivity contribution in [2.24, 2.45) is 5.92 Å². The Morgan fingerprint density at radius 2 is 2.05 bits per heavy atom. The van der Waals surface area contributed by atoms with Crippen LogP contribution in [0.15, 0.2) is 42.6 Å². The Balaban J connectivity index is 1.80. The maximum absolute atomic E-state index is 12.0. The number of phenolic OH excluding ortho intramolecular Hbond substituents is 2. The average Bonchev–Trinajstić information content (AvgIpc) is 2.52. The van der Waals surface area contributed by atoms with Crippen molar-refractivity contribution in [3.05, 3.63) is 53.9 Å². The number of carbonyl (C=O) groups excluding carboxylic acids is 1. The lowest BCUT2D eigenvalue weighted by Gasteiger charge is -2.12. The summed E-state index contributed by atoms with van der Waals surface area (Å²) in [6.45, 7) is 2.38. The summed E-state index contributed by atoms with van der Waals surface area (Å²) in [6, 6.07) is 10.3. The molecule has 0 saturated carbocycles. The third kappa shape index (κ3) is 4.48. The summed E-state index contributed by atoms with van der Waals surface area (Å²) in [6.07, 6.45) is 2.93. The van der Waals surface area contributed by atoms with Crippen molar-refractivity contribution in [2.45, 2.75) is 19.8 Å². The van der Waals surface area contributed by atoms with Gasteiger partial charge >= 0.3 is 0 Å². The Kier molecular flexibility index (Phi) is 5.36. The molecule has 22 heavy (non-hydrogen) atoms. The maximum Gasteiger partial charge on any atom is 0.223 e. The molecule has 5 nitrogen and oxygen atoms in total. The van der Waals surface area contributed by atoms with Crippen LogP contribution in [0.1, 0.15) is 18.2 Å². The van der Waals surface area contributed by atoms with Crippen LogP contribution in [-0.4, -0.2) is 27.6 Å². The molecule has 1 unspecified atom stereocenters. The summed E-state index contributed by atoms with van der Waals surface area (Å²) in [7, 11) is 0. The van der Waals surface area contributed by atoms with Crippen molar-refractivity contribution < 1.29 is 15.0 Å². The Bertz CT molecular complexity index is 629. The first-order valence-electron chi connectivity index (χ1n) is 7.24. The predicted molar refractivity (Wildman–Crippen MR) is 83.6 cm³/mol. The first-order valence-corrected chi connectivity index (χ1v) is 7.24. The molecule has 0 radical (unpaired) electrons. The van der Waals surface area contributed by atoms with Gasteiger partial charge < -0.3 is 15.5 Å². The molecule has 1 aromatic carbocycles. The van der Waals surface area contributed by atoms with Gasteiger partial charge in [0.25, 0.3) is 0 Å². The van der Waals surface area contributed by atoms with Crippen LogP contribution in [0.25, 0.3) is 0 Å². The summed E-state index contributed by atoms with van der Waals surface area (Å²) in [5.41, 5.74) is 1.75. The van der Waals surface area contributed by atoms with Crippen LogP contribution in [0, 0.1) is 5.92 Å². The number of nitrogens with zero attached hydrogens (tertiary/aromatic N) is 1. The number of hydrogen-bond donors (Lipinski definition) is 3. The van der Waals surface area contributed by atoms with E-state index in [4.69, 9.17) is 0 Å². The second kappa shape index (κ2) is 7.45. The van der Waals surface area contributed by atoms with Crippen LogP contribution in [0.2, 0.25) is 0 Å². The molecule has 116 valence electrons. The van der Waals surface area contributed by atoms with Gasteiger partial charge in [-0.25, -0.2) is 0 Å². The Morgan fingerprint density at radius 1 is 1.23 bits per heavy atom. The zero-order chi connectivity index (χ0) is 15.9. The summed E-state index contributed by atoms with van der Waals surface area (Å²) in [5, 5.41) is 21.6. The third-order valence-corrected chi connectivity index (χ3v) is 3.44. The molecule has 0 fully saturated rings. The SMILES string of the molecule is CC(Cc1ccc(O)c(O)c1)C(=O)NCCc1ccccn1. The molecule has 0 saturated heterocycles. The normalized spacial score (nSPS) is 11.9. The molecule has 0 aliphatic carbocycles. The van der Waals surface area contributed by atoms with Crippen LogP contribution in [0.3, 0.4) is 0 Å². The molecule has 0 bridgehead atoms. The van der Waals surface area contributed by atoms with Crippen molar-refractivity contribution in [3.8, 4) is 11.5 Å². The minimum atomic E-state index is -0.215. The van der Waals surface area contributed by atoms with Gasteiger partial charge in [-0.2, -0.15) is 0 Å². The maximum atomic E-state index is 12.0. The standard InChI is InChI=1S/C17H20N2O3/c1-12(10-13-5-6-15(20)16(21)11-13)17(22)19-9-7-14-4-2-3-8-18-14/h2-6,8,11-12,20-21H,7,9-10H2,1H3,(H,19,22). The molecule has 1 heterocycles. The molecular formula is C17H20N2O3. The van der Waals surface area contributed by atoms with Crippen LogP contribution in [0.5, 0.6) is 11.5 Å². The number of pyridine rings is 1. The summed E-state index contributed by atoms with van der Waals surface area (Å²) in [4.78, 5) is 16.2. The van der Waals surface area contributed by atoms with E-state index in [-0.39, 0.29) is 23.3 Å². The van der Waals surface area contributed by atoms with E-state index in [1.807, 2.05) is 25.1 Å². The fourth-order valence-electron chi connectivity index (χ4n) is 2.18. The number of rotatable bonds is 6. The van der Waals surface area contributed by atoms with E-state index in [0.29, 0.717) is 19.4 Å². The second-order valence-electron chi connectivity index (χ2n) is 5.29. The molecule has 0 aliphatic heterocycles. The highest BCUT2D eigenvalue weighted by Crippen LogP contribution is 2.26. The zero-order valence-corrected chi connectivity index (χ0v) is 12.5. The number of aromatic hydroxyl groups is 2. The van der Waals surface area contributed by atoms with Gasteiger partial charge in [-0.3, -0.25) is 9.78 Å². The number of nitrogens with one attached hydrogen (secondary N) is 1. The van der Waals surface area contributed by atoms with E-state index >= 15 is 0 Å². The number of phenols is 2. The molecule has 0 aliphatic rings. The Labute approximate surface area is 129 Å².